The normalized spacial score (nSPS) is 19.1. The highest BCUT2D eigenvalue weighted by atomic mass is 32.2. The van der Waals surface area contributed by atoms with Crippen LogP contribution in [0.3, 0.4) is 0 Å². The SMILES string of the molecule is C.C.C.CC(=O)N[C@@H]1CCN(c2ccc(C(C)C)cn2)C1.CC(C)c1ccc(N2CCC(S(C)(=O)=O)C2)nc1.CC(C)c1ccc(N2CCCCC2)nc1.CC(C)c1ccc(N2CCC[C@@H]2CO)nc1.CC(C)c1ccc(N2CCOCC2)nc1.CC(C)c1ccc(N2CC[C@H](N(C)C)C2)nc1.COC[C@@H]1CCCN1c1ccc(C(C)C)cn1.COC[C@H]1CCCN1c1ccc(C(C)C)cn1. The van der Waals surface area contributed by atoms with E-state index in [0.29, 0.717) is 78.4 Å². The first kappa shape index (κ1) is 116. The number of hydrogen-bond acceptors (Lipinski definition) is 24. The highest BCUT2D eigenvalue weighted by Crippen LogP contribution is 2.32. The van der Waals surface area contributed by atoms with Crippen molar-refractivity contribution in [2.75, 3.05) is 192 Å². The van der Waals surface area contributed by atoms with Crippen LogP contribution in [0.1, 0.15) is 309 Å². The number of piperidine rings is 1. The number of nitrogens with one attached hydrogen (secondary N) is 1. The van der Waals surface area contributed by atoms with Gasteiger partial charge in [0.15, 0.2) is 9.84 Å². The minimum absolute atomic E-state index is 0. The van der Waals surface area contributed by atoms with Crippen molar-refractivity contribution in [2.24, 2.45) is 0 Å². The van der Waals surface area contributed by atoms with Gasteiger partial charge >= 0.3 is 0 Å². The van der Waals surface area contributed by atoms with Gasteiger partial charge in [0.1, 0.15) is 46.5 Å². The molecule has 8 aromatic heterocycles. The summed E-state index contributed by atoms with van der Waals surface area (Å²) in [5.41, 5.74) is 10.3. The Kier molecular flexibility index (Phi) is 49.8. The van der Waals surface area contributed by atoms with Crippen LogP contribution in [-0.4, -0.2) is 252 Å². The zero-order chi connectivity index (χ0) is 96.3. The predicted octanol–water partition coefficient (Wildman–Crippen LogP) is 21.0. The lowest BCUT2D eigenvalue weighted by Crippen LogP contribution is -2.36. The Morgan fingerprint density at radius 3 is 0.941 bits per heavy atom. The summed E-state index contributed by atoms with van der Waals surface area (Å²) in [5.74, 6) is 12.7. The van der Waals surface area contributed by atoms with Gasteiger partial charge in [-0.3, -0.25) is 4.79 Å². The van der Waals surface area contributed by atoms with Gasteiger partial charge in [0.2, 0.25) is 5.91 Å². The molecular formula is C110H178N18O7S. The second kappa shape index (κ2) is 58.7. The summed E-state index contributed by atoms with van der Waals surface area (Å²) < 4.78 is 38.9. The van der Waals surface area contributed by atoms with Gasteiger partial charge in [-0.05, 0) is 232 Å². The fourth-order valence-corrected chi connectivity index (χ4v) is 18.6. The minimum Gasteiger partial charge on any atom is -0.394 e. The molecule has 0 aromatic carbocycles. The van der Waals surface area contributed by atoms with E-state index in [1.807, 2.05) is 55.6 Å². The number of sulfone groups is 1. The van der Waals surface area contributed by atoms with Crippen LogP contribution >= 0.6 is 0 Å². The highest BCUT2D eigenvalue weighted by molar-refractivity contribution is 7.91. The topological polar surface area (TPSA) is 243 Å². The lowest BCUT2D eigenvalue weighted by Gasteiger charge is -2.27. The maximum atomic E-state index is 11.5. The molecule has 0 aliphatic carbocycles. The molecule has 0 radical (unpaired) electrons. The molecule has 16 rings (SSSR count). The molecule has 8 fully saturated rings. The summed E-state index contributed by atoms with van der Waals surface area (Å²) >= 11 is 0. The predicted molar refractivity (Wildman–Crippen MR) is 572 cm³/mol. The van der Waals surface area contributed by atoms with Gasteiger partial charge in [-0.15, -0.1) is 0 Å². The van der Waals surface area contributed by atoms with Gasteiger partial charge in [0.05, 0.1) is 56.4 Å². The molecule has 16 heterocycles. The molecule has 136 heavy (non-hydrogen) atoms. The molecule has 0 saturated carbocycles. The molecule has 8 aliphatic heterocycles. The molecule has 8 aromatic rings. The molecule has 0 bridgehead atoms. The van der Waals surface area contributed by atoms with E-state index in [0.717, 1.165) is 158 Å². The number of aromatic nitrogens is 8. The Hall–Kier alpha value is -9.18. The van der Waals surface area contributed by atoms with Gasteiger partial charge in [-0.25, -0.2) is 48.3 Å². The van der Waals surface area contributed by atoms with Crippen LogP contribution in [0.4, 0.5) is 46.5 Å². The summed E-state index contributed by atoms with van der Waals surface area (Å²) in [6, 6.07) is 36.3. The summed E-state index contributed by atoms with van der Waals surface area (Å²) in [4.78, 5) is 67.8. The second-order valence-corrected chi connectivity index (χ2v) is 42.0. The quantitative estimate of drug-likeness (QED) is 0.0571. The van der Waals surface area contributed by atoms with Crippen molar-refractivity contribution in [1.82, 2.24) is 50.1 Å². The number of carbonyl (C=O) groups excluding carboxylic acids is 1. The Labute approximate surface area is 822 Å². The molecule has 25 nitrogen and oxygen atoms in total. The van der Waals surface area contributed by atoms with E-state index < -0.39 is 9.84 Å². The van der Waals surface area contributed by atoms with Gasteiger partial charge < -0.3 is 68.7 Å². The fraction of sp³-hybridized carbons (Fsp3) is 0.627. The monoisotopic (exact) mass is 1900 g/mol. The van der Waals surface area contributed by atoms with Crippen molar-refractivity contribution in [1.29, 1.82) is 0 Å². The number of morpholine rings is 1. The first-order valence-corrected chi connectivity index (χ1v) is 51.7. The Morgan fingerprint density at radius 2 is 0.662 bits per heavy atom. The molecule has 26 heteroatoms. The highest BCUT2D eigenvalue weighted by Gasteiger charge is 2.33. The minimum atomic E-state index is -2.93. The molecule has 8 aliphatic rings. The molecule has 6 atom stereocenters. The molecule has 0 spiro atoms. The lowest BCUT2D eigenvalue weighted by atomic mass is 10.1. The van der Waals surface area contributed by atoms with Crippen LogP contribution in [-0.2, 0) is 28.8 Å². The van der Waals surface area contributed by atoms with E-state index in [4.69, 9.17) is 14.2 Å². The molecule has 756 valence electrons. The Balaban J connectivity index is 0.000000238. The summed E-state index contributed by atoms with van der Waals surface area (Å²) in [7, 11) is 4.92. The van der Waals surface area contributed by atoms with E-state index in [1.165, 1.54) is 115 Å². The maximum Gasteiger partial charge on any atom is 0.217 e. The number of amides is 1. The van der Waals surface area contributed by atoms with E-state index in [9.17, 15) is 18.3 Å². The maximum absolute atomic E-state index is 11.5. The van der Waals surface area contributed by atoms with Gasteiger partial charge in [-0.1, -0.05) is 182 Å². The number of anilines is 8. The van der Waals surface area contributed by atoms with Gasteiger partial charge in [-0.2, -0.15) is 0 Å². The third kappa shape index (κ3) is 36.2. The first-order valence-electron chi connectivity index (χ1n) is 49.7. The van der Waals surface area contributed by atoms with Crippen molar-refractivity contribution in [3.8, 4) is 0 Å². The number of rotatable bonds is 24. The van der Waals surface area contributed by atoms with Crippen LogP contribution in [0.5, 0.6) is 0 Å². The number of methoxy groups -OCH3 is 2. The summed E-state index contributed by atoms with van der Waals surface area (Å²) in [6.07, 6.45) is 31.2. The second-order valence-electron chi connectivity index (χ2n) is 39.7. The van der Waals surface area contributed by atoms with Crippen molar-refractivity contribution >= 4 is 62.3 Å². The number of carbonyl (C=O) groups is 1. The average molecular weight is 1900 g/mol. The van der Waals surface area contributed by atoms with Gasteiger partial charge in [0, 0.05) is 174 Å². The number of aliphatic hydroxyl groups excluding tert-OH is 1. The third-order valence-electron chi connectivity index (χ3n) is 26.7. The molecule has 1 amide bonds. The number of ether oxygens (including phenoxy) is 3. The third-order valence-corrected chi connectivity index (χ3v) is 28.3. The van der Waals surface area contributed by atoms with Crippen LogP contribution in [0.25, 0.3) is 0 Å². The number of hydrogen-bond donors (Lipinski definition) is 2. The Morgan fingerprint density at radius 1 is 0.375 bits per heavy atom. The van der Waals surface area contributed by atoms with E-state index >= 15 is 0 Å². The zero-order valence-corrected chi connectivity index (χ0v) is 85.9. The summed E-state index contributed by atoms with van der Waals surface area (Å²) in [6.45, 7) is 52.8. The van der Waals surface area contributed by atoms with Crippen LogP contribution < -0.4 is 44.5 Å². The van der Waals surface area contributed by atoms with Crippen LogP contribution in [0.15, 0.2) is 147 Å². The van der Waals surface area contributed by atoms with E-state index in [2.05, 4.69) is 305 Å². The molecule has 1 unspecified atom stereocenters. The van der Waals surface area contributed by atoms with Crippen molar-refractivity contribution in [3.05, 3.63) is 191 Å². The standard InChI is InChI=1S/C14H21N3O.C14H23N3.2C14H22N2O.C13H20N2O2S.C13H20N2O.C13H20N2.C12H18N2O.3CH4/c1-10(2)12-4-5-14(15-8-12)17-7-6-13(9-17)16-11(3)18;1-11(2)12-5-6-14(15-9-12)17-8-7-13(10-17)16(3)4;2*1-11(2)12-6-7-14(15-9-12)16-8-4-5-13(16)10-17-3;1-10(2)11-4-5-13(14-8-11)15-7-6-12(9-15)18(3,16)17;1-10(2)11-5-6-13(14-8-11)15-7-3-4-12(15)9-16;1-11(2)12-6-7-13(14-10-12)15-8-4-3-5-9-15;1-10(2)11-3-4-12(13-9-11)14-5-7-15-8-6-14;;;/h4-5,8,10,13H,6-7,9H2,1-3H3,(H,16,18);5-6,9,11,13H,7-8,10H2,1-4H3;2*6-7,9,11,13H,4-5,8,10H2,1-3H3;4-5,8,10,12H,6-7,9H2,1-3H3;5-6,8,10,12,16H,3-4,7,9H2,1-2H3;6-7,10-11H,3-5,8-9H2,1-2H3;3-4,9-10H,5-8H2,1-2H3;3*1H4/t4*13-;;12-;;;;;/m1010.1...../s1. The smallest absolute Gasteiger partial charge is 0.217 e. The van der Waals surface area contributed by atoms with Crippen molar-refractivity contribution < 1.29 is 32.5 Å². The Bertz CT molecular complexity index is 4560. The number of nitrogens with zero attached hydrogens (tertiary/aromatic N) is 17. The first-order chi connectivity index (χ1) is 63.7. The van der Waals surface area contributed by atoms with E-state index in [-0.39, 0.29) is 52.1 Å². The summed E-state index contributed by atoms with van der Waals surface area (Å²) in [5, 5.41) is 12.0. The number of likely N-dealkylation sites (N-methyl/N-ethyl adjacent to an activating group) is 1. The molecule has 8 saturated heterocycles. The van der Waals surface area contributed by atoms with E-state index in [1.54, 1.807) is 21.1 Å². The van der Waals surface area contributed by atoms with Crippen LogP contribution in [0.2, 0.25) is 0 Å². The molecular weight excluding hydrogens is 1720 g/mol. The zero-order valence-electron chi connectivity index (χ0n) is 85.1. The molecule has 2 N–H and O–H groups in total. The lowest BCUT2D eigenvalue weighted by molar-refractivity contribution is -0.119. The number of aliphatic hydroxyl groups is 1. The average Bonchev–Trinajstić information content (AvgIpc) is 1.72. The van der Waals surface area contributed by atoms with Crippen LogP contribution in [0, 0.1) is 0 Å². The van der Waals surface area contributed by atoms with Gasteiger partial charge in [0.25, 0.3) is 0 Å². The number of pyridine rings is 8. The largest absolute Gasteiger partial charge is 0.394 e. The van der Waals surface area contributed by atoms with Crippen molar-refractivity contribution in [3.63, 3.8) is 0 Å². The van der Waals surface area contributed by atoms with Crippen molar-refractivity contribution in [2.45, 2.75) is 300 Å². The fourth-order valence-electron chi connectivity index (χ4n) is 17.6.